The molecule has 1 aliphatic heterocycles. The van der Waals surface area contributed by atoms with E-state index in [0.717, 1.165) is 36.1 Å². The Hall–Kier alpha value is -2.80. The monoisotopic (exact) mass is 427 g/mol. The Kier molecular flexibility index (Phi) is 5.56. The minimum atomic E-state index is -1.20. The number of aromatic nitrogens is 1. The number of carbonyl (C=O) groups is 1. The zero-order chi connectivity index (χ0) is 22.3. The first-order valence-electron chi connectivity index (χ1n) is 10.6. The number of hydrogen-bond acceptors (Lipinski definition) is 5. The summed E-state index contributed by atoms with van der Waals surface area (Å²) in [5.74, 6) is 0.275. The zero-order valence-electron chi connectivity index (χ0n) is 18.4. The summed E-state index contributed by atoms with van der Waals surface area (Å²) < 4.78 is 18.7. The van der Waals surface area contributed by atoms with Gasteiger partial charge in [-0.3, -0.25) is 4.79 Å². The summed E-state index contributed by atoms with van der Waals surface area (Å²) in [6, 6.07) is 5.46. The smallest absolute Gasteiger partial charge is 0.341 e. The van der Waals surface area contributed by atoms with Crippen LogP contribution < -0.4 is 14.9 Å². The molecule has 1 N–H and O–H groups in total. The number of fused-ring (bicyclic) bond motifs is 6. The maximum absolute atomic E-state index is 12.6. The van der Waals surface area contributed by atoms with E-state index in [4.69, 9.17) is 14.2 Å². The van der Waals surface area contributed by atoms with Gasteiger partial charge in [-0.05, 0) is 36.0 Å². The molecule has 2 unspecified atom stereocenters. The van der Waals surface area contributed by atoms with Gasteiger partial charge in [-0.2, -0.15) is 0 Å². The fourth-order valence-corrected chi connectivity index (χ4v) is 5.19. The van der Waals surface area contributed by atoms with Gasteiger partial charge in [0.25, 0.3) is 0 Å². The second-order valence-electron chi connectivity index (χ2n) is 9.01. The van der Waals surface area contributed by atoms with Crippen LogP contribution in [-0.2, 0) is 4.74 Å². The summed E-state index contributed by atoms with van der Waals surface area (Å²) >= 11 is 0. The fraction of sp³-hybridized carbons (Fsp3) is 0.500. The summed E-state index contributed by atoms with van der Waals surface area (Å²) in [5.41, 5.74) is 2.03. The van der Waals surface area contributed by atoms with Gasteiger partial charge in [0.2, 0.25) is 0 Å². The Morgan fingerprint density at radius 2 is 1.97 bits per heavy atom. The Balaban J connectivity index is 1.88. The van der Waals surface area contributed by atoms with Crippen molar-refractivity contribution in [3.63, 3.8) is 0 Å². The van der Waals surface area contributed by atoms with Crippen molar-refractivity contribution in [2.75, 3.05) is 27.4 Å². The normalized spacial score (nSPS) is 20.5. The highest BCUT2D eigenvalue weighted by Crippen LogP contribution is 2.59. The quantitative estimate of drug-likeness (QED) is 0.670. The molecule has 0 radical (unpaired) electrons. The Morgan fingerprint density at radius 3 is 2.65 bits per heavy atom. The number of pyridine rings is 1. The summed E-state index contributed by atoms with van der Waals surface area (Å²) in [4.78, 5) is 24.2. The van der Waals surface area contributed by atoms with Crippen molar-refractivity contribution < 1.29 is 24.1 Å². The highest BCUT2D eigenvalue weighted by atomic mass is 16.5. The van der Waals surface area contributed by atoms with E-state index in [9.17, 15) is 14.7 Å². The third-order valence-electron chi connectivity index (χ3n) is 6.65. The highest BCUT2D eigenvalue weighted by molar-refractivity contribution is 5.88. The van der Waals surface area contributed by atoms with E-state index in [0.29, 0.717) is 24.7 Å². The van der Waals surface area contributed by atoms with E-state index in [1.54, 1.807) is 14.2 Å². The number of rotatable bonds is 7. The van der Waals surface area contributed by atoms with E-state index in [1.165, 1.54) is 12.3 Å². The van der Waals surface area contributed by atoms with Crippen LogP contribution in [0, 0.1) is 5.41 Å². The van der Waals surface area contributed by atoms with Crippen molar-refractivity contribution in [2.24, 2.45) is 5.41 Å². The molecule has 1 fully saturated rings. The van der Waals surface area contributed by atoms with Gasteiger partial charge in [-0.1, -0.05) is 13.8 Å². The molecule has 31 heavy (non-hydrogen) atoms. The molecule has 0 saturated heterocycles. The van der Waals surface area contributed by atoms with Crippen molar-refractivity contribution in [2.45, 2.75) is 45.1 Å². The van der Waals surface area contributed by atoms with Crippen molar-refractivity contribution in [1.82, 2.24) is 4.57 Å². The molecule has 0 bridgehead atoms. The third-order valence-corrected chi connectivity index (χ3v) is 6.65. The first-order valence-corrected chi connectivity index (χ1v) is 10.6. The maximum atomic E-state index is 12.6. The van der Waals surface area contributed by atoms with Crippen LogP contribution in [0.5, 0.6) is 11.5 Å². The van der Waals surface area contributed by atoms with E-state index in [2.05, 4.69) is 13.8 Å². The molecule has 7 nitrogen and oxygen atoms in total. The average molecular weight is 427 g/mol. The van der Waals surface area contributed by atoms with Gasteiger partial charge in [0.05, 0.1) is 19.4 Å². The number of hydrogen-bond donors (Lipinski definition) is 1. The van der Waals surface area contributed by atoms with Gasteiger partial charge in [0.1, 0.15) is 5.56 Å². The molecule has 1 aromatic heterocycles. The Bertz CT molecular complexity index is 1070. The number of nitrogens with zero attached hydrogens (tertiary/aromatic N) is 1. The van der Waals surface area contributed by atoms with Crippen LogP contribution in [0.15, 0.2) is 29.2 Å². The lowest BCUT2D eigenvalue weighted by atomic mass is 9.77. The van der Waals surface area contributed by atoms with E-state index >= 15 is 0 Å². The molecular formula is C24H29NO6. The van der Waals surface area contributed by atoms with Gasteiger partial charge < -0.3 is 23.9 Å². The predicted octanol–water partition coefficient (Wildman–Crippen LogP) is 4.10. The van der Waals surface area contributed by atoms with Crippen LogP contribution in [0.1, 0.15) is 61.0 Å². The zero-order valence-corrected chi connectivity index (χ0v) is 18.4. The van der Waals surface area contributed by atoms with Gasteiger partial charge in [-0.15, -0.1) is 0 Å². The topological polar surface area (TPSA) is 87.0 Å². The number of carboxylic acid groups (broad SMARTS) is 1. The number of methoxy groups -OCH3 is 2. The molecule has 4 rings (SSSR count). The number of ether oxygens (including phenoxy) is 3. The minimum Gasteiger partial charge on any atom is -0.493 e. The molecule has 1 aliphatic carbocycles. The van der Waals surface area contributed by atoms with Crippen molar-refractivity contribution in [3.8, 4) is 22.8 Å². The predicted molar refractivity (Wildman–Crippen MR) is 116 cm³/mol. The second kappa shape index (κ2) is 8.04. The molecule has 2 aliphatic rings. The van der Waals surface area contributed by atoms with E-state index in [-0.39, 0.29) is 22.9 Å². The van der Waals surface area contributed by atoms with Crippen molar-refractivity contribution >= 4 is 5.97 Å². The Labute approximate surface area is 181 Å². The summed E-state index contributed by atoms with van der Waals surface area (Å²) in [6.45, 7) is 5.54. The SMILES string of the molecule is COCCCOc1cc2c(cc1OC)-c1cc(=O)c(C(=O)O)cn1C1C2CCC1(C)C. The van der Waals surface area contributed by atoms with E-state index < -0.39 is 11.4 Å². The summed E-state index contributed by atoms with van der Waals surface area (Å²) in [6.07, 6.45) is 4.28. The van der Waals surface area contributed by atoms with Crippen molar-refractivity contribution in [1.29, 1.82) is 0 Å². The first kappa shape index (κ1) is 21.4. The fourth-order valence-electron chi connectivity index (χ4n) is 5.19. The average Bonchev–Trinajstić information content (AvgIpc) is 3.05. The molecule has 7 heteroatoms. The van der Waals surface area contributed by atoms with Crippen LogP contribution in [0.4, 0.5) is 0 Å². The highest BCUT2D eigenvalue weighted by Gasteiger charge is 2.47. The van der Waals surface area contributed by atoms with Gasteiger partial charge >= 0.3 is 5.97 Å². The lowest BCUT2D eigenvalue weighted by Gasteiger charge is -2.40. The molecule has 1 saturated carbocycles. The molecule has 2 heterocycles. The molecular weight excluding hydrogens is 398 g/mol. The number of aromatic carboxylic acids is 1. The lowest BCUT2D eigenvalue weighted by molar-refractivity contribution is 0.0693. The molecule has 0 amide bonds. The second-order valence-corrected chi connectivity index (χ2v) is 9.01. The molecule has 1 aromatic carbocycles. The first-order chi connectivity index (χ1) is 14.8. The number of benzene rings is 1. The van der Waals surface area contributed by atoms with Gasteiger partial charge in [0, 0.05) is 49.9 Å². The third kappa shape index (κ3) is 3.61. The molecule has 2 aromatic rings. The Morgan fingerprint density at radius 1 is 1.19 bits per heavy atom. The van der Waals surface area contributed by atoms with Crippen LogP contribution in [0.3, 0.4) is 0 Å². The van der Waals surface area contributed by atoms with Gasteiger partial charge in [-0.25, -0.2) is 4.79 Å². The van der Waals surface area contributed by atoms with Crippen molar-refractivity contribution in [3.05, 3.63) is 45.7 Å². The maximum Gasteiger partial charge on any atom is 0.341 e. The molecule has 2 atom stereocenters. The van der Waals surface area contributed by atoms with E-state index in [1.807, 2.05) is 16.7 Å². The van der Waals surface area contributed by atoms with Crippen LogP contribution in [-0.4, -0.2) is 43.1 Å². The number of carboxylic acids is 1. The molecule has 0 spiro atoms. The van der Waals surface area contributed by atoms with Gasteiger partial charge in [0.15, 0.2) is 16.9 Å². The summed E-state index contributed by atoms with van der Waals surface area (Å²) in [7, 11) is 3.26. The lowest BCUT2D eigenvalue weighted by Crippen LogP contribution is -2.32. The molecule has 166 valence electrons. The largest absolute Gasteiger partial charge is 0.493 e. The van der Waals surface area contributed by atoms with Crippen LogP contribution in [0.2, 0.25) is 0 Å². The van der Waals surface area contributed by atoms with Crippen LogP contribution >= 0.6 is 0 Å². The standard InChI is InChI=1S/C24H29NO6/c1-24(2)7-6-14-15-10-21(31-9-5-8-29-3)20(30-4)11-16(15)18-12-19(26)17(23(27)28)13-25(18)22(14)24/h10-14,22H,5-9H2,1-4H3,(H,27,28). The minimum absolute atomic E-state index is 0.0403. The van der Waals surface area contributed by atoms with Crippen LogP contribution in [0.25, 0.3) is 11.3 Å². The summed E-state index contributed by atoms with van der Waals surface area (Å²) in [5, 5.41) is 9.51.